The predicted octanol–water partition coefficient (Wildman–Crippen LogP) is 1.32. The first-order chi connectivity index (χ1) is 6.84. The van der Waals surface area contributed by atoms with Gasteiger partial charge in [0.1, 0.15) is 0 Å². The van der Waals surface area contributed by atoms with Crippen LogP contribution in [-0.2, 0) is 0 Å². The monoisotopic (exact) mass is 213 g/mol. The Morgan fingerprint density at radius 1 is 1.50 bits per heavy atom. The van der Waals surface area contributed by atoms with Crippen LogP contribution in [0, 0.1) is 11.7 Å². The highest BCUT2D eigenvalue weighted by Crippen LogP contribution is 2.19. The molecule has 3 nitrogen and oxygen atoms in total. The van der Waals surface area contributed by atoms with E-state index in [1.165, 1.54) is 18.8 Å². The molecule has 1 fully saturated rings. The number of thioether (sulfide) groups is 1. The highest BCUT2D eigenvalue weighted by atomic mass is 32.2. The molecule has 1 saturated heterocycles. The van der Waals surface area contributed by atoms with Gasteiger partial charge in [-0.05, 0) is 25.4 Å². The van der Waals surface area contributed by atoms with Crippen LogP contribution < -0.4 is 5.32 Å². The molecular formula is C9H12FN3S. The third-order valence-electron chi connectivity index (χ3n) is 2.21. The molecule has 1 aliphatic rings. The second-order valence-electron chi connectivity index (χ2n) is 3.35. The van der Waals surface area contributed by atoms with E-state index in [1.54, 1.807) is 11.8 Å². The molecule has 1 aromatic heterocycles. The van der Waals surface area contributed by atoms with E-state index < -0.39 is 0 Å². The van der Waals surface area contributed by atoms with Gasteiger partial charge in [0.2, 0.25) is 0 Å². The molecule has 0 aliphatic carbocycles. The lowest BCUT2D eigenvalue weighted by atomic mass is 10.2. The second kappa shape index (κ2) is 4.70. The average molecular weight is 213 g/mol. The van der Waals surface area contributed by atoms with Crippen molar-refractivity contribution in [1.82, 2.24) is 15.3 Å². The first-order valence-corrected chi connectivity index (χ1v) is 5.64. The number of hydrogen-bond donors (Lipinski definition) is 1. The molecule has 0 spiro atoms. The molecule has 1 atom stereocenters. The van der Waals surface area contributed by atoms with Crippen molar-refractivity contribution < 1.29 is 4.39 Å². The summed E-state index contributed by atoms with van der Waals surface area (Å²) in [5.74, 6) is 1.34. The molecule has 76 valence electrons. The Balaban J connectivity index is 1.82. The Morgan fingerprint density at radius 3 is 2.93 bits per heavy atom. The van der Waals surface area contributed by atoms with Crippen LogP contribution in [0.2, 0.25) is 0 Å². The molecule has 1 aliphatic heterocycles. The maximum atomic E-state index is 12.5. The Kier molecular flexibility index (Phi) is 3.31. The van der Waals surface area contributed by atoms with Gasteiger partial charge in [-0.3, -0.25) is 0 Å². The van der Waals surface area contributed by atoms with Gasteiger partial charge >= 0.3 is 0 Å². The van der Waals surface area contributed by atoms with E-state index in [-0.39, 0.29) is 5.82 Å². The van der Waals surface area contributed by atoms with E-state index in [2.05, 4.69) is 15.3 Å². The normalized spacial score (nSPS) is 21.4. The smallest absolute Gasteiger partial charge is 0.187 e. The van der Waals surface area contributed by atoms with Crippen molar-refractivity contribution in [3.8, 4) is 0 Å². The lowest BCUT2D eigenvalue weighted by molar-refractivity contribution is 0.605. The summed E-state index contributed by atoms with van der Waals surface area (Å²) < 4.78 is 12.5. The number of hydrogen-bond acceptors (Lipinski definition) is 4. The maximum absolute atomic E-state index is 12.5. The molecule has 1 aromatic rings. The molecule has 0 radical (unpaired) electrons. The van der Waals surface area contributed by atoms with Gasteiger partial charge in [-0.2, -0.15) is 0 Å². The van der Waals surface area contributed by atoms with Gasteiger partial charge in [0, 0.05) is 5.75 Å². The molecule has 0 amide bonds. The molecule has 1 N–H and O–H groups in total. The lowest BCUT2D eigenvalue weighted by Crippen LogP contribution is -2.10. The van der Waals surface area contributed by atoms with Gasteiger partial charge in [-0.15, -0.1) is 0 Å². The summed E-state index contributed by atoms with van der Waals surface area (Å²) in [5.41, 5.74) is 0. The van der Waals surface area contributed by atoms with Gasteiger partial charge in [-0.1, -0.05) is 11.8 Å². The summed E-state index contributed by atoms with van der Waals surface area (Å²) >= 11 is 1.60. The van der Waals surface area contributed by atoms with Crippen molar-refractivity contribution >= 4 is 11.8 Å². The minimum atomic E-state index is -0.378. The Labute approximate surface area is 86.5 Å². The fraction of sp³-hybridized carbons (Fsp3) is 0.556. The minimum Gasteiger partial charge on any atom is -0.316 e. The molecule has 0 aromatic carbocycles. The molecule has 2 heterocycles. The van der Waals surface area contributed by atoms with Gasteiger partial charge < -0.3 is 5.32 Å². The third kappa shape index (κ3) is 2.65. The van der Waals surface area contributed by atoms with Crippen LogP contribution in [0.1, 0.15) is 6.42 Å². The Morgan fingerprint density at radius 2 is 2.29 bits per heavy atom. The van der Waals surface area contributed by atoms with Crippen molar-refractivity contribution in [2.24, 2.45) is 5.92 Å². The summed E-state index contributed by atoms with van der Waals surface area (Å²) in [5, 5.41) is 3.97. The predicted molar refractivity (Wildman–Crippen MR) is 53.7 cm³/mol. The maximum Gasteiger partial charge on any atom is 0.187 e. The average Bonchev–Trinajstić information content (AvgIpc) is 2.70. The zero-order valence-electron chi connectivity index (χ0n) is 7.74. The van der Waals surface area contributed by atoms with Crippen LogP contribution in [0.3, 0.4) is 0 Å². The second-order valence-corrected chi connectivity index (χ2v) is 4.34. The standard InChI is InChI=1S/C9H12FN3S/c10-8-4-12-9(13-5-8)14-6-7-1-2-11-3-7/h4-5,7,11H,1-3,6H2/t7-/m0/s1. The fourth-order valence-corrected chi connectivity index (χ4v) is 2.35. The highest BCUT2D eigenvalue weighted by molar-refractivity contribution is 7.99. The van der Waals surface area contributed by atoms with Crippen molar-refractivity contribution in [3.63, 3.8) is 0 Å². The molecule has 2 rings (SSSR count). The molecule has 0 saturated carbocycles. The van der Waals surface area contributed by atoms with E-state index in [9.17, 15) is 4.39 Å². The molecule has 0 unspecified atom stereocenters. The van der Waals surface area contributed by atoms with Crippen LogP contribution >= 0.6 is 11.8 Å². The number of rotatable bonds is 3. The van der Waals surface area contributed by atoms with Gasteiger partial charge in [0.15, 0.2) is 11.0 Å². The van der Waals surface area contributed by atoms with E-state index >= 15 is 0 Å². The minimum absolute atomic E-state index is 0.378. The first kappa shape index (κ1) is 9.86. The van der Waals surface area contributed by atoms with Crippen LogP contribution in [0.15, 0.2) is 17.6 Å². The number of halogens is 1. The Hall–Kier alpha value is -0.680. The molecule has 14 heavy (non-hydrogen) atoms. The summed E-state index contributed by atoms with van der Waals surface area (Å²) in [6.45, 7) is 2.18. The van der Waals surface area contributed by atoms with Crippen LogP contribution in [-0.4, -0.2) is 28.8 Å². The van der Waals surface area contributed by atoms with Crippen molar-refractivity contribution in [2.75, 3.05) is 18.8 Å². The van der Waals surface area contributed by atoms with Crippen LogP contribution in [0.5, 0.6) is 0 Å². The molecule has 5 heteroatoms. The van der Waals surface area contributed by atoms with Crippen molar-refractivity contribution in [1.29, 1.82) is 0 Å². The SMILES string of the molecule is Fc1cnc(SC[C@H]2CCNC2)nc1. The highest BCUT2D eigenvalue weighted by Gasteiger charge is 2.14. The Bertz CT molecular complexity index is 285. The summed E-state index contributed by atoms with van der Waals surface area (Å²) in [6, 6.07) is 0. The van der Waals surface area contributed by atoms with Crippen molar-refractivity contribution in [3.05, 3.63) is 18.2 Å². The van der Waals surface area contributed by atoms with E-state index in [4.69, 9.17) is 0 Å². The number of nitrogens with zero attached hydrogens (tertiary/aromatic N) is 2. The van der Waals surface area contributed by atoms with Gasteiger partial charge in [0.05, 0.1) is 12.4 Å². The summed E-state index contributed by atoms with van der Waals surface area (Å²) in [4.78, 5) is 7.79. The largest absolute Gasteiger partial charge is 0.316 e. The number of nitrogens with one attached hydrogen (secondary N) is 1. The van der Waals surface area contributed by atoms with Crippen LogP contribution in [0.25, 0.3) is 0 Å². The zero-order valence-corrected chi connectivity index (χ0v) is 8.56. The summed E-state index contributed by atoms with van der Waals surface area (Å²) in [6.07, 6.45) is 3.64. The van der Waals surface area contributed by atoms with Crippen molar-refractivity contribution in [2.45, 2.75) is 11.6 Å². The van der Waals surface area contributed by atoms with E-state index in [1.807, 2.05) is 0 Å². The molecular weight excluding hydrogens is 201 g/mol. The van der Waals surface area contributed by atoms with Gasteiger partial charge in [-0.25, -0.2) is 14.4 Å². The lowest BCUT2D eigenvalue weighted by Gasteiger charge is -2.05. The first-order valence-electron chi connectivity index (χ1n) is 4.65. The topological polar surface area (TPSA) is 37.8 Å². The van der Waals surface area contributed by atoms with Gasteiger partial charge in [0.25, 0.3) is 0 Å². The molecule has 0 bridgehead atoms. The number of aromatic nitrogens is 2. The zero-order chi connectivity index (χ0) is 9.80. The third-order valence-corrected chi connectivity index (χ3v) is 3.31. The van der Waals surface area contributed by atoms with E-state index in [0.29, 0.717) is 11.1 Å². The summed E-state index contributed by atoms with van der Waals surface area (Å²) in [7, 11) is 0. The van der Waals surface area contributed by atoms with Crippen LogP contribution in [0.4, 0.5) is 4.39 Å². The quantitative estimate of drug-likeness (QED) is 0.607. The van der Waals surface area contributed by atoms with E-state index in [0.717, 1.165) is 18.8 Å². The fourth-order valence-electron chi connectivity index (χ4n) is 1.42.